The molecule has 0 bridgehead atoms. The molecular formula is C14H12BrClF2N2O. The Morgan fingerprint density at radius 3 is 2.62 bits per heavy atom. The molecule has 1 unspecified atom stereocenters. The van der Waals surface area contributed by atoms with Gasteiger partial charge in [0.05, 0.1) is 17.6 Å². The van der Waals surface area contributed by atoms with Gasteiger partial charge in [-0.1, -0.05) is 17.7 Å². The zero-order chi connectivity index (χ0) is 15.6. The first-order valence-corrected chi connectivity index (χ1v) is 7.09. The standard InChI is InChI=1S/C14H12BrClF2N2O/c1-21-11-6-7(16)2-3-8(11)14(20-19)12-10(17)5-4-9(15)13(12)18/h2-6,14,20H,19H2,1H3. The van der Waals surface area contributed by atoms with Gasteiger partial charge in [0.2, 0.25) is 0 Å². The maximum atomic E-state index is 14.3. The van der Waals surface area contributed by atoms with E-state index in [-0.39, 0.29) is 10.0 Å². The lowest BCUT2D eigenvalue weighted by atomic mass is 9.97. The molecule has 0 aliphatic rings. The number of methoxy groups -OCH3 is 1. The third-order valence-electron chi connectivity index (χ3n) is 3.04. The van der Waals surface area contributed by atoms with Gasteiger partial charge in [-0.05, 0) is 40.2 Å². The molecule has 0 aliphatic carbocycles. The van der Waals surface area contributed by atoms with E-state index in [4.69, 9.17) is 22.2 Å². The lowest BCUT2D eigenvalue weighted by molar-refractivity contribution is 0.401. The highest BCUT2D eigenvalue weighted by Crippen LogP contribution is 2.35. The second kappa shape index (κ2) is 6.70. The van der Waals surface area contributed by atoms with Crippen LogP contribution in [0.3, 0.4) is 0 Å². The van der Waals surface area contributed by atoms with Gasteiger partial charge in [-0.25, -0.2) is 14.2 Å². The van der Waals surface area contributed by atoms with Crippen molar-refractivity contribution in [1.82, 2.24) is 5.43 Å². The Kier molecular flexibility index (Phi) is 5.16. The average Bonchev–Trinajstić information content (AvgIpc) is 2.48. The number of hydrogen-bond donors (Lipinski definition) is 2. The molecule has 21 heavy (non-hydrogen) atoms. The largest absolute Gasteiger partial charge is 0.496 e. The van der Waals surface area contributed by atoms with Crippen LogP contribution in [0.4, 0.5) is 8.78 Å². The zero-order valence-electron chi connectivity index (χ0n) is 11.0. The number of benzene rings is 2. The van der Waals surface area contributed by atoms with Crippen molar-refractivity contribution in [3.63, 3.8) is 0 Å². The fraction of sp³-hybridized carbons (Fsp3) is 0.143. The van der Waals surface area contributed by atoms with Gasteiger partial charge in [-0.3, -0.25) is 5.84 Å². The van der Waals surface area contributed by atoms with Gasteiger partial charge in [0.1, 0.15) is 17.4 Å². The molecule has 1 atom stereocenters. The first kappa shape index (κ1) is 16.2. The Labute approximate surface area is 134 Å². The molecule has 0 radical (unpaired) electrons. The molecule has 0 amide bonds. The number of hydrazine groups is 1. The first-order valence-electron chi connectivity index (χ1n) is 5.92. The Morgan fingerprint density at radius 2 is 2.00 bits per heavy atom. The average molecular weight is 378 g/mol. The first-order chi connectivity index (χ1) is 9.99. The van der Waals surface area contributed by atoms with Crippen molar-refractivity contribution in [2.45, 2.75) is 6.04 Å². The predicted molar refractivity (Wildman–Crippen MR) is 81.2 cm³/mol. The van der Waals surface area contributed by atoms with Crippen molar-refractivity contribution in [3.8, 4) is 5.75 Å². The minimum atomic E-state index is -0.922. The van der Waals surface area contributed by atoms with Crippen molar-refractivity contribution in [1.29, 1.82) is 0 Å². The quantitative estimate of drug-likeness (QED) is 0.482. The molecule has 0 fully saturated rings. The van der Waals surface area contributed by atoms with E-state index < -0.39 is 17.7 Å². The normalized spacial score (nSPS) is 12.3. The van der Waals surface area contributed by atoms with Crippen LogP contribution >= 0.6 is 27.5 Å². The van der Waals surface area contributed by atoms with Crippen LogP contribution < -0.4 is 16.0 Å². The molecule has 2 aromatic carbocycles. The number of ether oxygens (including phenoxy) is 1. The Hall–Kier alpha value is -1.21. The summed E-state index contributed by atoms with van der Waals surface area (Å²) in [7, 11) is 1.44. The van der Waals surface area contributed by atoms with Crippen LogP contribution in [0.15, 0.2) is 34.8 Å². The van der Waals surface area contributed by atoms with E-state index in [1.807, 2.05) is 0 Å². The van der Waals surface area contributed by atoms with Gasteiger partial charge in [0.15, 0.2) is 0 Å². The SMILES string of the molecule is COc1cc(Cl)ccc1C(NN)c1c(F)ccc(Br)c1F. The van der Waals surface area contributed by atoms with Crippen LogP contribution in [0.1, 0.15) is 17.2 Å². The molecule has 2 aromatic rings. The molecule has 0 aliphatic heterocycles. The van der Waals surface area contributed by atoms with Gasteiger partial charge in [0.25, 0.3) is 0 Å². The molecule has 112 valence electrons. The summed E-state index contributed by atoms with van der Waals surface area (Å²) in [5.74, 6) is 4.44. The molecule has 3 N–H and O–H groups in total. The zero-order valence-corrected chi connectivity index (χ0v) is 13.3. The predicted octanol–water partition coefficient (Wildman–Crippen LogP) is 3.94. The highest BCUT2D eigenvalue weighted by atomic mass is 79.9. The number of rotatable bonds is 4. The number of nitrogens with one attached hydrogen (secondary N) is 1. The van der Waals surface area contributed by atoms with Gasteiger partial charge < -0.3 is 4.74 Å². The maximum absolute atomic E-state index is 14.3. The number of hydrogen-bond acceptors (Lipinski definition) is 3. The summed E-state index contributed by atoms with van der Waals surface area (Å²) in [6.45, 7) is 0. The van der Waals surface area contributed by atoms with E-state index in [0.29, 0.717) is 16.3 Å². The Morgan fingerprint density at radius 1 is 1.29 bits per heavy atom. The van der Waals surface area contributed by atoms with E-state index in [0.717, 1.165) is 6.07 Å². The second-order valence-electron chi connectivity index (χ2n) is 4.24. The number of halogens is 4. The van der Waals surface area contributed by atoms with Crippen molar-refractivity contribution in [3.05, 3.63) is 62.6 Å². The maximum Gasteiger partial charge on any atom is 0.145 e. The smallest absolute Gasteiger partial charge is 0.145 e. The van der Waals surface area contributed by atoms with Crippen molar-refractivity contribution >= 4 is 27.5 Å². The molecule has 7 heteroatoms. The van der Waals surface area contributed by atoms with Crippen LogP contribution in [-0.2, 0) is 0 Å². The highest BCUT2D eigenvalue weighted by molar-refractivity contribution is 9.10. The molecule has 0 aromatic heterocycles. The molecule has 0 saturated heterocycles. The minimum absolute atomic E-state index is 0.145. The summed E-state index contributed by atoms with van der Waals surface area (Å²) in [5.41, 5.74) is 2.68. The van der Waals surface area contributed by atoms with Crippen LogP contribution in [0, 0.1) is 11.6 Å². The van der Waals surface area contributed by atoms with Crippen LogP contribution in [-0.4, -0.2) is 7.11 Å². The third-order valence-corrected chi connectivity index (χ3v) is 3.89. The van der Waals surface area contributed by atoms with E-state index in [9.17, 15) is 8.78 Å². The fourth-order valence-electron chi connectivity index (χ4n) is 2.06. The van der Waals surface area contributed by atoms with Crippen LogP contribution in [0.25, 0.3) is 0 Å². The van der Waals surface area contributed by atoms with Crippen molar-refractivity contribution < 1.29 is 13.5 Å². The summed E-state index contributed by atoms with van der Waals surface area (Å²) in [6, 6.07) is 6.28. The molecular weight excluding hydrogens is 366 g/mol. The topological polar surface area (TPSA) is 47.3 Å². The lowest BCUT2D eigenvalue weighted by Crippen LogP contribution is -2.30. The number of nitrogens with two attached hydrogens (primary N) is 1. The third kappa shape index (κ3) is 3.18. The summed E-state index contributed by atoms with van der Waals surface area (Å²) >= 11 is 8.92. The highest BCUT2D eigenvalue weighted by Gasteiger charge is 2.25. The van der Waals surface area contributed by atoms with Crippen molar-refractivity contribution in [2.75, 3.05) is 7.11 Å². The van der Waals surface area contributed by atoms with Gasteiger partial charge in [-0.15, -0.1) is 0 Å². The van der Waals surface area contributed by atoms with Crippen molar-refractivity contribution in [2.24, 2.45) is 5.84 Å². The van der Waals surface area contributed by atoms with Gasteiger partial charge >= 0.3 is 0 Å². The van der Waals surface area contributed by atoms with E-state index in [1.54, 1.807) is 18.2 Å². The Balaban J connectivity index is 2.63. The van der Waals surface area contributed by atoms with Gasteiger partial charge in [0, 0.05) is 16.1 Å². The van der Waals surface area contributed by atoms with E-state index in [2.05, 4.69) is 21.4 Å². The fourth-order valence-corrected chi connectivity index (χ4v) is 2.57. The van der Waals surface area contributed by atoms with E-state index >= 15 is 0 Å². The molecule has 3 nitrogen and oxygen atoms in total. The molecule has 2 rings (SSSR count). The minimum Gasteiger partial charge on any atom is -0.496 e. The second-order valence-corrected chi connectivity index (χ2v) is 5.53. The summed E-state index contributed by atoms with van der Waals surface area (Å²) in [6.07, 6.45) is 0. The van der Waals surface area contributed by atoms with Crippen LogP contribution in [0.2, 0.25) is 5.02 Å². The summed E-state index contributed by atoms with van der Waals surface area (Å²) < 4.78 is 33.6. The molecule has 0 spiro atoms. The van der Waals surface area contributed by atoms with E-state index in [1.165, 1.54) is 13.2 Å². The lowest BCUT2D eigenvalue weighted by Gasteiger charge is -2.21. The van der Waals surface area contributed by atoms with Gasteiger partial charge in [-0.2, -0.15) is 0 Å². The Bertz CT molecular complexity index is 670. The van der Waals surface area contributed by atoms with Crippen LogP contribution in [0.5, 0.6) is 5.75 Å². The summed E-state index contributed by atoms with van der Waals surface area (Å²) in [4.78, 5) is 0. The molecule has 0 saturated carbocycles. The summed E-state index contributed by atoms with van der Waals surface area (Å²) in [5, 5.41) is 0.446. The monoisotopic (exact) mass is 376 g/mol. The molecule has 0 heterocycles.